The van der Waals surface area contributed by atoms with Crippen molar-refractivity contribution in [1.29, 1.82) is 0 Å². The van der Waals surface area contributed by atoms with Crippen molar-refractivity contribution in [3.05, 3.63) is 0 Å². The molecule has 409 valence electrons. The summed E-state index contributed by atoms with van der Waals surface area (Å²) >= 11 is 0. The SMILES string of the molecule is C[Si]O[Si](O[Si]O[Si]O[Si](C)(C)CC[Si]1C[SiH](C)O[SiH](C)CC(C)O1)(O[Si]O[Si]O[Si](C)(C)CC[Si]1O[SiH](C)CC(C)O[SiH](C)O1)O[Si](C)(C)O[Si](C)(C)O[Si](C)(C)CC[Si]1OC(C)C[SiH](C)O[SiH](C)O1. The zero-order valence-corrected chi connectivity index (χ0v) is 67.5. The fraction of sp³-hybridized carbons (Fsp3) is 1.00. The first-order valence-corrected chi connectivity index (χ1v) is 65.3. The van der Waals surface area contributed by atoms with Crippen LogP contribution in [0.5, 0.6) is 0 Å². The monoisotopic (exact) mass is 1330 g/mol. The van der Waals surface area contributed by atoms with Crippen LogP contribution in [0.2, 0.25) is 171 Å². The van der Waals surface area contributed by atoms with Crippen LogP contribution in [0.15, 0.2) is 0 Å². The topological polar surface area (TPSA) is 166 Å². The van der Waals surface area contributed by atoms with Crippen molar-refractivity contribution in [3.8, 4) is 0 Å². The van der Waals surface area contributed by atoms with Gasteiger partial charge in [0.2, 0.25) is 18.8 Å². The summed E-state index contributed by atoms with van der Waals surface area (Å²) in [5, 5.41) is 0. The summed E-state index contributed by atoms with van der Waals surface area (Å²) in [5.74, 6) is 0. The molecule has 10 unspecified atom stereocenters. The fourth-order valence-corrected chi connectivity index (χ4v) is 68.6. The fourth-order valence-electron chi connectivity index (χ4n) is 8.49. The van der Waals surface area contributed by atoms with Crippen LogP contribution < -0.4 is 0 Å². The summed E-state index contributed by atoms with van der Waals surface area (Å²) in [6, 6.07) is 8.69. The summed E-state index contributed by atoms with van der Waals surface area (Å²) < 4.78 is 117. The van der Waals surface area contributed by atoms with E-state index in [-0.39, 0.29) is 48.1 Å². The van der Waals surface area contributed by atoms with E-state index >= 15 is 0 Å². The summed E-state index contributed by atoms with van der Waals surface area (Å²) in [6.45, 7) is 43.3. The maximum atomic E-state index is 7.02. The van der Waals surface area contributed by atoms with E-state index < -0.39 is 153 Å². The van der Waals surface area contributed by atoms with Crippen molar-refractivity contribution in [3.63, 3.8) is 0 Å². The number of rotatable bonds is 29. The highest BCUT2D eigenvalue weighted by Crippen LogP contribution is 2.30. The Bertz CT molecular complexity index is 1390. The van der Waals surface area contributed by atoms with Gasteiger partial charge < -0.3 is 75.0 Å². The maximum Gasteiger partial charge on any atom is 0.641 e. The van der Waals surface area contributed by atoms with E-state index in [0.29, 0.717) is 0 Å². The molecule has 0 aromatic heterocycles. The van der Waals surface area contributed by atoms with Gasteiger partial charge >= 0.3 is 94.0 Å². The van der Waals surface area contributed by atoms with E-state index in [9.17, 15) is 0 Å². The van der Waals surface area contributed by atoms with Crippen molar-refractivity contribution < 1.29 is 75.0 Å². The Balaban J connectivity index is 1.65. The largest absolute Gasteiger partial charge is 0.641 e. The number of hydrogen-bond donors (Lipinski definition) is 0. The predicted molar refractivity (Wildman–Crippen MR) is 319 cm³/mol. The van der Waals surface area contributed by atoms with Crippen molar-refractivity contribution in [2.24, 2.45) is 0 Å². The summed E-state index contributed by atoms with van der Waals surface area (Å²) in [7, 11) is -29.8. The lowest BCUT2D eigenvalue weighted by atomic mass is 10.5. The highest BCUT2D eigenvalue weighted by Gasteiger charge is 2.53. The minimum atomic E-state index is -3.94. The van der Waals surface area contributed by atoms with Crippen LogP contribution in [0.4, 0.5) is 0 Å². The van der Waals surface area contributed by atoms with Crippen LogP contribution in [0.1, 0.15) is 20.8 Å². The van der Waals surface area contributed by atoms with Gasteiger partial charge in [-0.3, -0.25) is 0 Å². The standard InChI is InChI=1S/C33H89O18Si20/c1-31-27-59(7)46-65(47-61(9)34-31)23-25-67(13,14)41-54-38-56-43-71(39-52-4,42-55-37-53-40-66(11,12)24-21-63-30-60(8)44-57(5)28-32(2)35-63)51-70(19,20)50-69(17,18)49-68(15,16)26-22-64-36-33(3)29-58(6)45-62(10)48-64/h31-33,57-62H,21-30H2,1-20H3. The molecule has 13 radical (unpaired) electrons. The molecule has 0 bridgehead atoms. The van der Waals surface area contributed by atoms with E-state index in [4.69, 9.17) is 75.0 Å². The molecule has 3 aliphatic heterocycles. The zero-order valence-electron chi connectivity index (χ0n) is 46.6. The molecule has 0 aromatic rings. The zero-order chi connectivity index (χ0) is 53.3. The van der Waals surface area contributed by atoms with Gasteiger partial charge in [0.05, 0.1) is 0 Å². The molecule has 0 N–H and O–H groups in total. The third kappa shape index (κ3) is 30.3. The van der Waals surface area contributed by atoms with Gasteiger partial charge in [-0.1, -0.05) is 0 Å². The Hall–Kier alpha value is 3.62. The van der Waals surface area contributed by atoms with Crippen molar-refractivity contribution in [2.75, 3.05) is 0 Å². The van der Waals surface area contributed by atoms with Gasteiger partial charge in [-0.25, -0.2) is 0 Å². The van der Waals surface area contributed by atoms with Crippen LogP contribution >= 0.6 is 0 Å². The van der Waals surface area contributed by atoms with E-state index in [1.165, 1.54) is 0 Å². The molecule has 3 rings (SSSR count). The molecule has 3 saturated heterocycles. The van der Waals surface area contributed by atoms with Crippen LogP contribution in [-0.4, -0.2) is 202 Å². The van der Waals surface area contributed by atoms with Gasteiger partial charge in [-0.2, -0.15) is 0 Å². The third-order valence-electron chi connectivity index (χ3n) is 11.1. The van der Waals surface area contributed by atoms with Gasteiger partial charge in [0.15, 0.2) is 61.1 Å². The first-order valence-electron chi connectivity index (χ1n) is 25.2. The first kappa shape index (κ1) is 68.9. The molecule has 0 spiro atoms. The Morgan fingerprint density at radius 3 is 1.59 bits per heavy atom. The summed E-state index contributed by atoms with van der Waals surface area (Å²) in [6.07, 6.45) is 0.649. The van der Waals surface area contributed by atoms with Crippen LogP contribution in [-0.2, 0) is 75.0 Å². The average Bonchev–Trinajstić information content (AvgIpc) is 3.18. The second-order valence-corrected chi connectivity index (χ2v) is 71.2. The van der Waals surface area contributed by atoms with Gasteiger partial charge in [-0.15, -0.1) is 0 Å². The highest BCUT2D eigenvalue weighted by atomic mass is 28.5. The van der Waals surface area contributed by atoms with Crippen molar-refractivity contribution >= 4 is 183 Å². The van der Waals surface area contributed by atoms with E-state index in [2.05, 4.69) is 112 Å². The molecular formula is C33H89O18Si20. The molecule has 38 heteroatoms. The van der Waals surface area contributed by atoms with Crippen LogP contribution in [0.25, 0.3) is 0 Å². The molecule has 0 aromatic carbocycles. The Labute approximate surface area is 464 Å². The minimum absolute atomic E-state index is 0.00107. The lowest BCUT2D eigenvalue weighted by Gasteiger charge is -2.41. The number of hydrogen-bond acceptors (Lipinski definition) is 18. The van der Waals surface area contributed by atoms with E-state index in [1.54, 1.807) is 0 Å². The van der Waals surface area contributed by atoms with E-state index in [1.807, 2.05) is 19.6 Å². The van der Waals surface area contributed by atoms with Gasteiger partial charge in [0, 0.05) is 18.3 Å². The molecule has 3 fully saturated rings. The Morgan fingerprint density at radius 1 is 0.493 bits per heavy atom. The average molecular weight is 1340 g/mol. The lowest BCUT2D eigenvalue weighted by molar-refractivity contribution is 0.134. The van der Waals surface area contributed by atoms with Crippen molar-refractivity contribution in [2.45, 2.75) is 210 Å². The summed E-state index contributed by atoms with van der Waals surface area (Å²) in [5.41, 5.74) is 1.15. The first-order chi connectivity index (χ1) is 32.9. The van der Waals surface area contributed by atoms with Gasteiger partial charge in [0.1, 0.15) is 0 Å². The second-order valence-electron chi connectivity index (χ2n) is 21.6. The molecular weight excluding hydrogens is 1250 g/mol. The van der Waals surface area contributed by atoms with Crippen LogP contribution in [0, 0.1) is 0 Å². The lowest BCUT2D eigenvalue weighted by Crippen LogP contribution is -2.62. The smallest absolute Gasteiger partial charge is 0.460 e. The second kappa shape index (κ2) is 32.9. The van der Waals surface area contributed by atoms with Crippen LogP contribution in [0.3, 0.4) is 0 Å². The third-order valence-corrected chi connectivity index (χ3v) is 65.9. The molecule has 71 heavy (non-hydrogen) atoms. The molecule has 18 nitrogen and oxygen atoms in total. The molecule has 0 saturated carbocycles. The maximum absolute atomic E-state index is 7.02. The molecule has 3 aliphatic rings. The van der Waals surface area contributed by atoms with E-state index in [0.717, 1.165) is 60.1 Å². The van der Waals surface area contributed by atoms with Gasteiger partial charge in [0.25, 0.3) is 9.28 Å². The quantitative estimate of drug-likeness (QED) is 0.0693. The molecule has 10 atom stereocenters. The minimum Gasteiger partial charge on any atom is -0.460 e. The Kier molecular flexibility index (Phi) is 31.9. The van der Waals surface area contributed by atoms with Gasteiger partial charge in [-0.05, 0) is 192 Å². The summed E-state index contributed by atoms with van der Waals surface area (Å²) in [4.78, 5) is 0. The molecule has 0 aliphatic carbocycles. The molecule has 0 amide bonds. The predicted octanol–water partition coefficient (Wildman–Crippen LogP) is 5.37. The Morgan fingerprint density at radius 2 is 0.986 bits per heavy atom. The highest BCUT2D eigenvalue weighted by molar-refractivity contribution is 6.89. The normalized spacial score (nSPS) is 29.2. The molecule has 3 heterocycles. The van der Waals surface area contributed by atoms with Crippen molar-refractivity contribution in [1.82, 2.24) is 0 Å².